The Morgan fingerprint density at radius 2 is 2.04 bits per heavy atom. The first-order valence-electron chi connectivity index (χ1n) is 8.02. The number of fused-ring (bicyclic) bond motifs is 1. The van der Waals surface area contributed by atoms with Gasteiger partial charge in [0.1, 0.15) is 18.0 Å². The fourth-order valence-electron chi connectivity index (χ4n) is 3.42. The van der Waals surface area contributed by atoms with Gasteiger partial charge in [-0.1, -0.05) is 12.1 Å². The molecule has 0 radical (unpaired) electrons. The molecule has 2 saturated heterocycles. The molecule has 0 spiro atoms. The molecule has 24 heavy (non-hydrogen) atoms. The Hall–Kier alpha value is -1.99. The number of anilines is 1. The second-order valence-corrected chi connectivity index (χ2v) is 7.04. The predicted octanol–water partition coefficient (Wildman–Crippen LogP) is 2.65. The Kier molecular flexibility index (Phi) is 3.97. The van der Waals surface area contributed by atoms with Crippen molar-refractivity contribution in [1.82, 2.24) is 10.0 Å². The maximum atomic E-state index is 15.1. The van der Waals surface area contributed by atoms with Gasteiger partial charge >= 0.3 is 0 Å². The first-order chi connectivity index (χ1) is 11.6. The summed E-state index contributed by atoms with van der Waals surface area (Å²) >= 11 is 0.998. The molecule has 2 aliphatic rings. The number of nitrogens with one attached hydrogen (secondary N) is 2. The molecule has 0 bridgehead atoms. The van der Waals surface area contributed by atoms with Gasteiger partial charge in [0.05, 0.1) is 12.1 Å². The molecular weight excluding hydrogens is 329 g/mol. The summed E-state index contributed by atoms with van der Waals surface area (Å²) in [6.07, 6.45) is 2.08. The highest BCUT2D eigenvalue weighted by Crippen LogP contribution is 2.40. The van der Waals surface area contributed by atoms with Crippen molar-refractivity contribution in [1.29, 1.82) is 0 Å². The van der Waals surface area contributed by atoms with Gasteiger partial charge in [0.25, 0.3) is 5.91 Å². The summed E-state index contributed by atoms with van der Waals surface area (Å²) in [5.41, 5.74) is 1.19. The minimum atomic E-state index is -0.482. The Bertz CT molecular complexity index is 808. The molecule has 4 rings (SSSR count). The van der Waals surface area contributed by atoms with Crippen molar-refractivity contribution in [2.45, 2.75) is 18.8 Å². The van der Waals surface area contributed by atoms with Gasteiger partial charge in [-0.15, -0.1) is 0 Å². The van der Waals surface area contributed by atoms with E-state index in [1.54, 1.807) is 6.07 Å². The lowest BCUT2D eigenvalue weighted by Crippen LogP contribution is -2.26. The first kappa shape index (κ1) is 15.5. The highest BCUT2D eigenvalue weighted by atomic mass is 32.2. The number of benzene rings is 2. The molecule has 3 N–H and O–H groups in total. The number of piperidine rings is 1. The standard InChI is InChI=1S/C17H18FN3O2S/c18-16-13-7-11(10-3-5-19-6-4-10)1-2-12(13)8-14(22)17(16)21-9-15(23)20-24-21/h1-2,7-8,10,19,22H,3-6,9H2,(H,20,23). The Balaban J connectivity index is 1.78. The van der Waals surface area contributed by atoms with Crippen LogP contribution in [0.5, 0.6) is 5.75 Å². The zero-order valence-corrected chi connectivity index (χ0v) is 13.8. The van der Waals surface area contributed by atoms with Gasteiger partial charge < -0.3 is 10.4 Å². The lowest BCUT2D eigenvalue weighted by molar-refractivity contribution is -0.117. The monoisotopic (exact) mass is 347 g/mol. The number of rotatable bonds is 2. The first-order valence-corrected chi connectivity index (χ1v) is 8.80. The lowest BCUT2D eigenvalue weighted by atomic mass is 9.89. The van der Waals surface area contributed by atoms with Crippen LogP contribution in [0.3, 0.4) is 0 Å². The Morgan fingerprint density at radius 3 is 2.75 bits per heavy atom. The van der Waals surface area contributed by atoms with Gasteiger partial charge in [0, 0.05) is 5.39 Å². The van der Waals surface area contributed by atoms with Crippen LogP contribution in [0, 0.1) is 5.82 Å². The van der Waals surface area contributed by atoms with E-state index in [4.69, 9.17) is 0 Å². The molecule has 2 fully saturated rings. The van der Waals surface area contributed by atoms with E-state index in [1.165, 1.54) is 4.31 Å². The molecule has 5 nitrogen and oxygen atoms in total. The molecule has 2 aromatic carbocycles. The van der Waals surface area contributed by atoms with Crippen LogP contribution in [0.25, 0.3) is 10.8 Å². The van der Waals surface area contributed by atoms with Crippen molar-refractivity contribution in [2.75, 3.05) is 23.9 Å². The van der Waals surface area contributed by atoms with Crippen LogP contribution in [-0.4, -0.2) is 30.6 Å². The summed E-state index contributed by atoms with van der Waals surface area (Å²) in [5.74, 6) is -0.414. The maximum absolute atomic E-state index is 15.1. The number of hydrogen-bond donors (Lipinski definition) is 3. The number of carbonyl (C=O) groups excluding carboxylic acids is 1. The molecule has 0 saturated carbocycles. The van der Waals surface area contributed by atoms with E-state index in [2.05, 4.69) is 10.0 Å². The molecule has 1 amide bonds. The quantitative estimate of drug-likeness (QED) is 0.729. The van der Waals surface area contributed by atoms with Crippen LogP contribution in [0.1, 0.15) is 24.3 Å². The van der Waals surface area contributed by atoms with Gasteiger partial charge in [-0.05, 0) is 54.9 Å². The molecule has 2 heterocycles. The zero-order chi connectivity index (χ0) is 16.7. The second-order valence-electron chi connectivity index (χ2n) is 6.22. The summed E-state index contributed by atoms with van der Waals surface area (Å²) in [6.45, 7) is 1.98. The number of nitrogens with zero attached hydrogens (tertiary/aromatic N) is 1. The Labute approximate surface area is 143 Å². The number of hydrogen-bond acceptors (Lipinski definition) is 5. The van der Waals surface area contributed by atoms with Gasteiger partial charge in [-0.2, -0.15) is 0 Å². The summed E-state index contributed by atoms with van der Waals surface area (Å²) in [5, 5.41) is 14.7. The number of halogens is 1. The summed E-state index contributed by atoms with van der Waals surface area (Å²) in [4.78, 5) is 11.4. The van der Waals surface area contributed by atoms with Crippen molar-refractivity contribution in [3.8, 4) is 5.75 Å². The van der Waals surface area contributed by atoms with Crippen LogP contribution < -0.4 is 14.3 Å². The summed E-state index contributed by atoms with van der Waals surface area (Å²) in [7, 11) is 0. The molecule has 2 aromatic rings. The molecular formula is C17H18FN3O2S. The van der Waals surface area contributed by atoms with Crippen molar-refractivity contribution < 1.29 is 14.3 Å². The lowest BCUT2D eigenvalue weighted by Gasteiger charge is -2.24. The Morgan fingerprint density at radius 1 is 1.25 bits per heavy atom. The van der Waals surface area contributed by atoms with E-state index in [9.17, 15) is 9.90 Å². The average Bonchev–Trinajstić information content (AvgIpc) is 3.01. The molecule has 0 unspecified atom stereocenters. The van der Waals surface area contributed by atoms with E-state index in [0.29, 0.717) is 16.7 Å². The predicted molar refractivity (Wildman–Crippen MR) is 93.5 cm³/mol. The van der Waals surface area contributed by atoms with E-state index in [1.807, 2.05) is 18.2 Å². The van der Waals surface area contributed by atoms with Gasteiger partial charge in [-0.3, -0.25) is 13.8 Å². The van der Waals surface area contributed by atoms with Crippen LogP contribution >= 0.6 is 12.1 Å². The largest absolute Gasteiger partial charge is 0.506 e. The van der Waals surface area contributed by atoms with E-state index >= 15 is 4.39 Å². The van der Waals surface area contributed by atoms with Gasteiger partial charge in [0.2, 0.25) is 0 Å². The van der Waals surface area contributed by atoms with Crippen LogP contribution in [0.2, 0.25) is 0 Å². The van der Waals surface area contributed by atoms with Crippen LogP contribution in [0.15, 0.2) is 24.3 Å². The molecule has 126 valence electrons. The van der Waals surface area contributed by atoms with E-state index in [-0.39, 0.29) is 23.9 Å². The van der Waals surface area contributed by atoms with Crippen molar-refractivity contribution >= 4 is 34.5 Å². The second kappa shape index (κ2) is 6.14. The molecule has 7 heteroatoms. The molecule has 2 aliphatic heterocycles. The topological polar surface area (TPSA) is 64.6 Å². The summed E-state index contributed by atoms with van der Waals surface area (Å²) < 4.78 is 19.1. The fourth-order valence-corrected chi connectivity index (χ4v) is 4.14. The van der Waals surface area contributed by atoms with Crippen LogP contribution in [-0.2, 0) is 4.79 Å². The molecule has 0 aromatic heterocycles. The van der Waals surface area contributed by atoms with Crippen molar-refractivity contribution in [3.05, 3.63) is 35.6 Å². The normalized spacial score (nSPS) is 19.0. The van der Waals surface area contributed by atoms with Crippen LogP contribution in [0.4, 0.5) is 10.1 Å². The van der Waals surface area contributed by atoms with Gasteiger partial charge in [0.15, 0.2) is 5.82 Å². The maximum Gasteiger partial charge on any atom is 0.251 e. The molecule has 0 atom stereocenters. The van der Waals surface area contributed by atoms with E-state index < -0.39 is 5.82 Å². The number of aromatic hydroxyl groups is 1. The SMILES string of the molecule is O=C1CN(c2c(O)cc3ccc(C4CCNCC4)cc3c2F)SN1. The third-order valence-corrected chi connectivity index (χ3v) is 5.52. The van der Waals surface area contributed by atoms with Crippen molar-refractivity contribution in [2.24, 2.45) is 0 Å². The number of phenolic OH excluding ortho intramolecular Hbond substituents is 1. The van der Waals surface area contributed by atoms with E-state index in [0.717, 1.165) is 43.6 Å². The average molecular weight is 347 g/mol. The van der Waals surface area contributed by atoms with Gasteiger partial charge in [-0.25, -0.2) is 4.39 Å². The summed E-state index contributed by atoms with van der Waals surface area (Å²) in [6, 6.07) is 7.33. The fraction of sp³-hybridized carbons (Fsp3) is 0.353. The number of amides is 1. The third kappa shape index (κ3) is 2.67. The molecule has 0 aliphatic carbocycles. The van der Waals surface area contributed by atoms with Crippen molar-refractivity contribution in [3.63, 3.8) is 0 Å². The highest BCUT2D eigenvalue weighted by molar-refractivity contribution is 7.99. The third-order valence-electron chi connectivity index (χ3n) is 4.67. The smallest absolute Gasteiger partial charge is 0.251 e. The number of carbonyl (C=O) groups is 1. The minimum absolute atomic E-state index is 0.0225. The number of phenols is 1. The highest BCUT2D eigenvalue weighted by Gasteiger charge is 2.27. The zero-order valence-electron chi connectivity index (χ0n) is 13.0. The minimum Gasteiger partial charge on any atom is -0.506 e.